The molecule has 38 heavy (non-hydrogen) atoms. The summed E-state index contributed by atoms with van der Waals surface area (Å²) in [6.45, 7) is 8.21. The number of β-amino-alcohol motifs (C(OH)–C–C–N with tert-alkyl or cyclic N) is 1. The van der Waals surface area contributed by atoms with E-state index in [0.29, 0.717) is 38.0 Å². The third-order valence-electron chi connectivity index (χ3n) is 8.18. The van der Waals surface area contributed by atoms with E-state index in [4.69, 9.17) is 9.47 Å². The van der Waals surface area contributed by atoms with Crippen molar-refractivity contribution in [3.63, 3.8) is 0 Å². The maximum atomic E-state index is 13.4. The first-order chi connectivity index (χ1) is 18.2. The summed E-state index contributed by atoms with van der Waals surface area (Å²) in [5.74, 6) is 1.13. The summed E-state index contributed by atoms with van der Waals surface area (Å²) < 4.78 is 11.1. The van der Waals surface area contributed by atoms with Gasteiger partial charge in [0.25, 0.3) is 0 Å². The average molecular weight is 530 g/mol. The van der Waals surface area contributed by atoms with Gasteiger partial charge in [-0.05, 0) is 70.3 Å². The van der Waals surface area contributed by atoms with Crippen molar-refractivity contribution in [2.45, 2.75) is 102 Å². The highest BCUT2D eigenvalue weighted by Gasteiger charge is 2.41. The summed E-state index contributed by atoms with van der Waals surface area (Å²) >= 11 is 0. The number of benzene rings is 1. The van der Waals surface area contributed by atoms with Gasteiger partial charge >= 0.3 is 6.09 Å². The molecule has 0 spiro atoms. The molecular formula is C30H47N3O5. The highest BCUT2D eigenvalue weighted by atomic mass is 16.6. The molecule has 1 saturated carbocycles. The predicted octanol–water partition coefficient (Wildman–Crippen LogP) is 3.66. The number of nitrogens with zero attached hydrogens (tertiary/aromatic N) is 1. The van der Waals surface area contributed by atoms with Crippen molar-refractivity contribution in [3.05, 3.63) is 35.9 Å². The van der Waals surface area contributed by atoms with Crippen LogP contribution in [0.15, 0.2) is 30.3 Å². The molecule has 1 unspecified atom stereocenters. The number of alkyl carbamates (subject to hydrolysis) is 1. The van der Waals surface area contributed by atoms with Gasteiger partial charge < -0.3 is 25.2 Å². The van der Waals surface area contributed by atoms with Crippen LogP contribution >= 0.6 is 0 Å². The average Bonchev–Trinajstić information content (AvgIpc) is 2.88. The van der Waals surface area contributed by atoms with Gasteiger partial charge in [-0.15, -0.1) is 0 Å². The van der Waals surface area contributed by atoms with E-state index >= 15 is 0 Å². The molecule has 6 atom stereocenters. The van der Waals surface area contributed by atoms with Crippen molar-refractivity contribution in [1.29, 1.82) is 0 Å². The maximum Gasteiger partial charge on any atom is 0.407 e. The number of likely N-dealkylation sites (tertiary alicyclic amines) is 1. The number of aliphatic hydroxyl groups excluding tert-OH is 1. The normalized spacial score (nSPS) is 28.0. The summed E-state index contributed by atoms with van der Waals surface area (Å²) in [5, 5.41) is 17.7. The Hall–Kier alpha value is -2.16. The lowest BCUT2D eigenvalue weighted by Crippen LogP contribution is -2.60. The summed E-state index contributed by atoms with van der Waals surface area (Å²) in [6, 6.07) is 9.02. The fourth-order valence-corrected chi connectivity index (χ4v) is 6.29. The summed E-state index contributed by atoms with van der Waals surface area (Å²) in [6.07, 6.45) is 6.07. The first kappa shape index (κ1) is 28.8. The molecule has 3 fully saturated rings. The van der Waals surface area contributed by atoms with Gasteiger partial charge in [-0.2, -0.15) is 0 Å². The zero-order valence-corrected chi connectivity index (χ0v) is 23.4. The van der Waals surface area contributed by atoms with E-state index in [1.807, 2.05) is 51.1 Å². The minimum absolute atomic E-state index is 0.0259. The molecule has 0 bridgehead atoms. The van der Waals surface area contributed by atoms with Crippen LogP contribution in [0.2, 0.25) is 0 Å². The van der Waals surface area contributed by atoms with Crippen molar-refractivity contribution in [3.8, 4) is 0 Å². The Morgan fingerprint density at radius 2 is 1.84 bits per heavy atom. The standard InChI is InChI=1S/C30H47N3O5/c1-30(2,3)32-28(35)26-17-22-12-7-8-13-23(22)18-33(26)19-27(34)25(16-21-10-5-4-6-11-21)31-29(36)38-24-14-9-15-37-20-24/h4-6,10-11,22-27,34H,7-9,12-20H2,1-3H3,(H,31,36)(H,32,35)/t22-,23+,24+,25-,26?,27+/m0/s1. The molecule has 3 aliphatic rings. The third kappa shape index (κ3) is 8.42. The second-order valence-electron chi connectivity index (χ2n) is 12.5. The van der Waals surface area contributed by atoms with Crippen LogP contribution in [0.3, 0.4) is 0 Å². The number of rotatable bonds is 8. The number of fused-ring (bicyclic) bond motifs is 1. The van der Waals surface area contributed by atoms with Gasteiger partial charge in [-0.25, -0.2) is 4.79 Å². The highest BCUT2D eigenvalue weighted by Crippen LogP contribution is 2.39. The molecule has 2 aliphatic heterocycles. The molecule has 0 radical (unpaired) electrons. The second-order valence-corrected chi connectivity index (χ2v) is 12.5. The Balaban J connectivity index is 1.47. The number of carbonyl (C=O) groups excluding carboxylic acids is 2. The lowest BCUT2D eigenvalue weighted by molar-refractivity contribution is -0.132. The number of piperidine rings is 1. The van der Waals surface area contributed by atoms with E-state index in [-0.39, 0.29) is 23.6 Å². The number of carbonyl (C=O) groups is 2. The van der Waals surface area contributed by atoms with Gasteiger partial charge in [0.1, 0.15) is 6.10 Å². The van der Waals surface area contributed by atoms with Gasteiger partial charge in [-0.3, -0.25) is 9.69 Å². The highest BCUT2D eigenvalue weighted by molar-refractivity contribution is 5.82. The van der Waals surface area contributed by atoms with Crippen LogP contribution in [0.4, 0.5) is 4.79 Å². The van der Waals surface area contributed by atoms with Crippen LogP contribution < -0.4 is 10.6 Å². The van der Waals surface area contributed by atoms with Crippen LogP contribution in [0.5, 0.6) is 0 Å². The Bertz CT molecular complexity index is 899. The lowest BCUT2D eigenvalue weighted by Gasteiger charge is -2.47. The molecule has 3 N–H and O–H groups in total. The summed E-state index contributed by atoms with van der Waals surface area (Å²) in [5.41, 5.74) is 0.695. The molecule has 212 valence electrons. The van der Waals surface area contributed by atoms with Crippen molar-refractivity contribution in [1.82, 2.24) is 15.5 Å². The molecule has 1 aromatic carbocycles. The molecule has 2 amide bonds. The van der Waals surface area contributed by atoms with Gasteiger partial charge in [0.15, 0.2) is 0 Å². The molecule has 1 aromatic rings. The number of hydrogen-bond donors (Lipinski definition) is 3. The SMILES string of the molecule is CC(C)(C)NC(=O)C1C[C@@H]2CCCC[C@@H]2CN1C[C@@H](O)[C@H](Cc1ccccc1)NC(=O)O[C@@H]1CCCOC1. The van der Waals surface area contributed by atoms with Crippen LogP contribution in [0.25, 0.3) is 0 Å². The van der Waals surface area contributed by atoms with Crippen LogP contribution in [-0.2, 0) is 20.7 Å². The number of ether oxygens (including phenoxy) is 2. The topological polar surface area (TPSA) is 100 Å². The van der Waals surface area contributed by atoms with Gasteiger partial charge in [0, 0.05) is 25.2 Å². The van der Waals surface area contributed by atoms with Crippen LogP contribution in [0.1, 0.15) is 71.3 Å². The van der Waals surface area contributed by atoms with E-state index in [9.17, 15) is 14.7 Å². The molecule has 8 nitrogen and oxygen atoms in total. The van der Waals surface area contributed by atoms with E-state index in [2.05, 4.69) is 15.5 Å². The van der Waals surface area contributed by atoms with Crippen molar-refractivity contribution >= 4 is 12.0 Å². The molecule has 8 heteroatoms. The molecule has 2 heterocycles. The molecular weight excluding hydrogens is 482 g/mol. The van der Waals surface area contributed by atoms with Gasteiger partial charge in [0.05, 0.1) is 24.8 Å². The Morgan fingerprint density at radius 3 is 2.53 bits per heavy atom. The third-order valence-corrected chi connectivity index (χ3v) is 8.18. The van der Waals surface area contributed by atoms with E-state index < -0.39 is 18.2 Å². The zero-order valence-electron chi connectivity index (χ0n) is 23.4. The van der Waals surface area contributed by atoms with Crippen LogP contribution in [0, 0.1) is 11.8 Å². The Kier molecular flexibility index (Phi) is 10.1. The van der Waals surface area contributed by atoms with Crippen molar-refractivity contribution in [2.24, 2.45) is 11.8 Å². The number of amides is 2. The smallest absolute Gasteiger partial charge is 0.407 e. The Morgan fingerprint density at radius 1 is 1.11 bits per heavy atom. The fraction of sp³-hybridized carbons (Fsp3) is 0.733. The minimum atomic E-state index is -0.865. The van der Waals surface area contributed by atoms with Crippen LogP contribution in [-0.4, -0.2) is 78.1 Å². The summed E-state index contributed by atoms with van der Waals surface area (Å²) in [7, 11) is 0. The minimum Gasteiger partial charge on any atom is -0.444 e. The number of hydrogen-bond acceptors (Lipinski definition) is 6. The molecule has 4 rings (SSSR count). The predicted molar refractivity (Wildman–Crippen MR) is 147 cm³/mol. The molecule has 1 aliphatic carbocycles. The number of nitrogens with one attached hydrogen (secondary N) is 2. The number of aliphatic hydroxyl groups is 1. The first-order valence-corrected chi connectivity index (χ1v) is 14.5. The summed E-state index contributed by atoms with van der Waals surface area (Å²) in [4.78, 5) is 28.4. The van der Waals surface area contributed by atoms with E-state index in [0.717, 1.165) is 31.4 Å². The maximum absolute atomic E-state index is 13.4. The van der Waals surface area contributed by atoms with Gasteiger partial charge in [0.2, 0.25) is 5.91 Å². The quantitative estimate of drug-likeness (QED) is 0.475. The van der Waals surface area contributed by atoms with E-state index in [1.54, 1.807) is 0 Å². The lowest BCUT2D eigenvalue weighted by atomic mass is 9.72. The van der Waals surface area contributed by atoms with Gasteiger partial charge in [-0.1, -0.05) is 49.6 Å². The van der Waals surface area contributed by atoms with Crippen molar-refractivity contribution < 1.29 is 24.2 Å². The van der Waals surface area contributed by atoms with E-state index in [1.165, 1.54) is 25.7 Å². The largest absolute Gasteiger partial charge is 0.444 e. The Labute approximate surface area is 227 Å². The van der Waals surface area contributed by atoms with Crippen molar-refractivity contribution in [2.75, 3.05) is 26.3 Å². The monoisotopic (exact) mass is 529 g/mol. The molecule has 0 aromatic heterocycles. The second kappa shape index (κ2) is 13.3. The first-order valence-electron chi connectivity index (χ1n) is 14.5. The molecule has 2 saturated heterocycles. The zero-order chi connectivity index (χ0) is 27.1. The fourth-order valence-electron chi connectivity index (χ4n) is 6.29.